The minimum absolute atomic E-state index is 0.235. The molecule has 0 radical (unpaired) electrons. The van der Waals surface area contributed by atoms with E-state index in [1.54, 1.807) is 0 Å². The SMILES string of the molecule is CN(C(N)=NCC1(c2cccc(Br)c2)CC1)C1CC1. The van der Waals surface area contributed by atoms with Crippen molar-refractivity contribution in [2.45, 2.75) is 37.1 Å². The van der Waals surface area contributed by atoms with E-state index in [0.717, 1.165) is 11.0 Å². The number of hydrogen-bond acceptors (Lipinski definition) is 1. The van der Waals surface area contributed by atoms with Gasteiger partial charge in [0.25, 0.3) is 0 Å². The summed E-state index contributed by atoms with van der Waals surface area (Å²) in [6, 6.07) is 9.21. The summed E-state index contributed by atoms with van der Waals surface area (Å²) in [5, 5.41) is 0. The Morgan fingerprint density at radius 2 is 2.21 bits per heavy atom. The van der Waals surface area contributed by atoms with E-state index < -0.39 is 0 Å². The molecule has 2 aliphatic carbocycles. The highest BCUT2D eigenvalue weighted by molar-refractivity contribution is 9.10. The molecule has 0 saturated heterocycles. The van der Waals surface area contributed by atoms with Crippen molar-refractivity contribution in [2.75, 3.05) is 13.6 Å². The summed E-state index contributed by atoms with van der Waals surface area (Å²) in [5.41, 5.74) is 7.68. The summed E-state index contributed by atoms with van der Waals surface area (Å²) < 4.78 is 1.14. The van der Waals surface area contributed by atoms with Gasteiger partial charge in [0.1, 0.15) is 0 Å². The molecule has 102 valence electrons. The Morgan fingerprint density at radius 3 is 2.79 bits per heavy atom. The van der Waals surface area contributed by atoms with Crippen molar-refractivity contribution >= 4 is 21.9 Å². The molecule has 3 rings (SSSR count). The molecule has 0 spiro atoms. The van der Waals surface area contributed by atoms with Gasteiger partial charge in [0, 0.05) is 23.0 Å². The van der Waals surface area contributed by atoms with Gasteiger partial charge in [0.15, 0.2) is 5.96 Å². The van der Waals surface area contributed by atoms with Gasteiger partial charge in [0.05, 0.1) is 6.54 Å². The van der Waals surface area contributed by atoms with Gasteiger partial charge in [0.2, 0.25) is 0 Å². The molecule has 2 fully saturated rings. The summed E-state index contributed by atoms with van der Waals surface area (Å²) >= 11 is 3.54. The number of nitrogens with zero attached hydrogens (tertiary/aromatic N) is 2. The lowest BCUT2D eigenvalue weighted by Gasteiger charge is -2.19. The van der Waals surface area contributed by atoms with Crippen LogP contribution in [0.5, 0.6) is 0 Å². The molecule has 4 heteroatoms. The molecule has 0 heterocycles. The van der Waals surface area contributed by atoms with Crippen LogP contribution in [0, 0.1) is 0 Å². The Kier molecular flexibility index (Phi) is 3.29. The number of hydrogen-bond donors (Lipinski definition) is 1. The third-order valence-electron chi connectivity index (χ3n) is 4.29. The second kappa shape index (κ2) is 4.82. The number of guanidine groups is 1. The summed E-state index contributed by atoms with van der Waals surface area (Å²) in [6.07, 6.45) is 4.94. The lowest BCUT2D eigenvalue weighted by Crippen LogP contribution is -2.36. The van der Waals surface area contributed by atoms with Gasteiger partial charge in [-0.2, -0.15) is 0 Å². The van der Waals surface area contributed by atoms with E-state index >= 15 is 0 Å². The molecular formula is C15H20BrN3. The maximum atomic E-state index is 6.07. The zero-order valence-electron chi connectivity index (χ0n) is 11.3. The van der Waals surface area contributed by atoms with Gasteiger partial charge in [-0.05, 0) is 43.4 Å². The Labute approximate surface area is 123 Å². The molecule has 0 amide bonds. The van der Waals surface area contributed by atoms with Crippen molar-refractivity contribution in [3.63, 3.8) is 0 Å². The average molecular weight is 322 g/mol. The van der Waals surface area contributed by atoms with E-state index in [9.17, 15) is 0 Å². The number of aliphatic imine (C=N–C) groups is 1. The first kappa shape index (κ1) is 13.0. The van der Waals surface area contributed by atoms with Crippen molar-refractivity contribution in [1.29, 1.82) is 0 Å². The maximum absolute atomic E-state index is 6.07. The number of halogens is 1. The van der Waals surface area contributed by atoms with Gasteiger partial charge in [-0.3, -0.25) is 4.99 Å². The first-order chi connectivity index (χ1) is 9.11. The quantitative estimate of drug-likeness (QED) is 0.684. The van der Waals surface area contributed by atoms with E-state index in [2.05, 4.69) is 57.1 Å². The fourth-order valence-corrected chi connectivity index (χ4v) is 2.90. The van der Waals surface area contributed by atoms with E-state index in [1.807, 2.05) is 0 Å². The normalized spacial score (nSPS) is 21.3. The molecule has 0 atom stereocenters. The highest BCUT2D eigenvalue weighted by Crippen LogP contribution is 2.48. The first-order valence-electron chi connectivity index (χ1n) is 6.90. The zero-order chi connectivity index (χ0) is 13.5. The summed E-state index contributed by atoms with van der Waals surface area (Å²) in [4.78, 5) is 6.75. The predicted molar refractivity (Wildman–Crippen MR) is 82.3 cm³/mol. The van der Waals surface area contributed by atoms with Crippen LogP contribution in [0.2, 0.25) is 0 Å². The predicted octanol–water partition coefficient (Wildman–Crippen LogP) is 2.89. The molecule has 3 nitrogen and oxygen atoms in total. The molecular weight excluding hydrogens is 302 g/mol. The topological polar surface area (TPSA) is 41.6 Å². The second-order valence-corrected chi connectivity index (χ2v) is 6.72. The van der Waals surface area contributed by atoms with Crippen LogP contribution in [0.15, 0.2) is 33.7 Å². The molecule has 1 aromatic rings. The molecule has 2 saturated carbocycles. The van der Waals surface area contributed by atoms with Crippen LogP contribution in [-0.4, -0.2) is 30.5 Å². The average Bonchev–Trinajstić information content (AvgIpc) is 3.29. The van der Waals surface area contributed by atoms with Crippen LogP contribution in [0.3, 0.4) is 0 Å². The third kappa shape index (κ3) is 2.78. The van der Waals surface area contributed by atoms with Gasteiger partial charge in [-0.1, -0.05) is 28.1 Å². The van der Waals surface area contributed by atoms with E-state index in [1.165, 1.54) is 31.2 Å². The lowest BCUT2D eigenvalue weighted by atomic mass is 9.96. The van der Waals surface area contributed by atoms with Crippen molar-refractivity contribution in [3.05, 3.63) is 34.3 Å². The van der Waals surface area contributed by atoms with E-state index in [-0.39, 0.29) is 5.41 Å². The van der Waals surface area contributed by atoms with Crippen molar-refractivity contribution in [2.24, 2.45) is 10.7 Å². The van der Waals surface area contributed by atoms with Crippen LogP contribution in [0.25, 0.3) is 0 Å². The molecule has 0 aromatic heterocycles. The van der Waals surface area contributed by atoms with Crippen molar-refractivity contribution in [3.8, 4) is 0 Å². The Morgan fingerprint density at radius 1 is 1.47 bits per heavy atom. The second-order valence-electron chi connectivity index (χ2n) is 5.81. The van der Waals surface area contributed by atoms with Gasteiger partial charge >= 0.3 is 0 Å². The zero-order valence-corrected chi connectivity index (χ0v) is 12.9. The fourth-order valence-electron chi connectivity index (χ4n) is 2.50. The van der Waals surface area contributed by atoms with Crippen LogP contribution >= 0.6 is 15.9 Å². The highest BCUT2D eigenvalue weighted by atomic mass is 79.9. The number of rotatable bonds is 4. The molecule has 2 N–H and O–H groups in total. The van der Waals surface area contributed by atoms with Crippen LogP contribution in [-0.2, 0) is 5.41 Å². The van der Waals surface area contributed by atoms with Gasteiger partial charge in [-0.25, -0.2) is 0 Å². The standard InChI is InChI=1S/C15H20BrN3/c1-19(13-5-6-13)14(17)18-10-15(7-8-15)11-3-2-4-12(16)9-11/h2-4,9,13H,5-8,10H2,1H3,(H2,17,18). The third-order valence-corrected chi connectivity index (χ3v) is 4.78. The summed E-state index contributed by atoms with van der Waals surface area (Å²) in [6.45, 7) is 0.812. The number of nitrogens with two attached hydrogens (primary N) is 1. The lowest BCUT2D eigenvalue weighted by molar-refractivity contribution is 0.485. The maximum Gasteiger partial charge on any atom is 0.191 e. The fraction of sp³-hybridized carbons (Fsp3) is 0.533. The van der Waals surface area contributed by atoms with E-state index in [0.29, 0.717) is 12.0 Å². The summed E-state index contributed by atoms with van der Waals surface area (Å²) in [5.74, 6) is 0.698. The largest absolute Gasteiger partial charge is 0.370 e. The van der Waals surface area contributed by atoms with Crippen LogP contribution in [0.1, 0.15) is 31.2 Å². The summed E-state index contributed by atoms with van der Waals surface area (Å²) in [7, 11) is 2.05. The molecule has 0 bridgehead atoms. The smallest absolute Gasteiger partial charge is 0.191 e. The Balaban J connectivity index is 1.70. The number of benzene rings is 1. The molecule has 19 heavy (non-hydrogen) atoms. The monoisotopic (exact) mass is 321 g/mol. The van der Waals surface area contributed by atoms with Crippen LogP contribution < -0.4 is 5.73 Å². The highest BCUT2D eigenvalue weighted by Gasteiger charge is 2.44. The van der Waals surface area contributed by atoms with Crippen molar-refractivity contribution < 1.29 is 0 Å². The van der Waals surface area contributed by atoms with E-state index in [4.69, 9.17) is 5.73 Å². The van der Waals surface area contributed by atoms with Gasteiger partial charge < -0.3 is 10.6 Å². The van der Waals surface area contributed by atoms with Gasteiger partial charge in [-0.15, -0.1) is 0 Å². The first-order valence-corrected chi connectivity index (χ1v) is 7.69. The minimum atomic E-state index is 0.235. The Hall–Kier alpha value is -1.03. The molecule has 1 aromatic carbocycles. The molecule has 2 aliphatic rings. The molecule has 0 aliphatic heterocycles. The van der Waals surface area contributed by atoms with Crippen molar-refractivity contribution in [1.82, 2.24) is 4.90 Å². The van der Waals surface area contributed by atoms with Crippen LogP contribution in [0.4, 0.5) is 0 Å². The Bertz CT molecular complexity index is 504. The minimum Gasteiger partial charge on any atom is -0.370 e. The molecule has 0 unspecified atom stereocenters.